The second kappa shape index (κ2) is 7.64. The molecule has 0 spiro atoms. The van der Waals surface area contributed by atoms with E-state index >= 15 is 0 Å². The number of amides is 2. The molecule has 1 saturated heterocycles. The Balaban J connectivity index is 1.56. The van der Waals surface area contributed by atoms with Gasteiger partial charge in [0.15, 0.2) is 0 Å². The number of carbonyl (C=O) groups excluding carboxylic acids is 2. The number of hydrogen-bond donors (Lipinski definition) is 0. The van der Waals surface area contributed by atoms with E-state index in [1.807, 2.05) is 0 Å². The van der Waals surface area contributed by atoms with Crippen LogP contribution in [0, 0.1) is 10.1 Å². The Hall–Kier alpha value is -3.42. The van der Waals surface area contributed by atoms with Crippen molar-refractivity contribution in [2.24, 2.45) is 0 Å². The molecule has 0 saturated carbocycles. The van der Waals surface area contributed by atoms with Crippen LogP contribution in [0.1, 0.15) is 15.9 Å². The molecule has 1 aromatic carbocycles. The summed E-state index contributed by atoms with van der Waals surface area (Å²) >= 11 is 0. The van der Waals surface area contributed by atoms with Crippen molar-refractivity contribution in [3.63, 3.8) is 0 Å². The van der Waals surface area contributed by atoms with Crippen molar-refractivity contribution in [3.05, 3.63) is 70.2 Å². The lowest BCUT2D eigenvalue weighted by atomic mass is 10.2. The number of hydrogen-bond acceptors (Lipinski definition) is 5. The largest absolute Gasteiger partial charge is 0.472 e. The van der Waals surface area contributed by atoms with Crippen molar-refractivity contribution in [2.45, 2.75) is 0 Å². The van der Waals surface area contributed by atoms with Crippen molar-refractivity contribution < 1.29 is 18.9 Å². The predicted octanol–water partition coefficient (Wildman–Crippen LogP) is 2.19. The smallest absolute Gasteiger partial charge is 0.270 e. The molecule has 3 rings (SSSR count). The Morgan fingerprint density at radius 3 is 2.50 bits per heavy atom. The van der Waals surface area contributed by atoms with Crippen LogP contribution >= 0.6 is 0 Å². The number of carbonyl (C=O) groups is 2. The fraction of sp³-hybridized carbons (Fsp3) is 0.222. The molecule has 2 aromatic rings. The van der Waals surface area contributed by atoms with Crippen LogP contribution in [0.2, 0.25) is 0 Å². The number of nitro groups is 1. The van der Waals surface area contributed by atoms with Gasteiger partial charge in [-0.15, -0.1) is 0 Å². The lowest BCUT2D eigenvalue weighted by molar-refractivity contribution is -0.384. The molecule has 8 nitrogen and oxygen atoms in total. The Kier molecular flexibility index (Phi) is 5.12. The van der Waals surface area contributed by atoms with Crippen molar-refractivity contribution in [2.75, 3.05) is 26.2 Å². The molecule has 2 amide bonds. The quantitative estimate of drug-likeness (QED) is 0.476. The van der Waals surface area contributed by atoms with E-state index in [0.717, 1.165) is 0 Å². The first-order valence-electron chi connectivity index (χ1n) is 8.07. The van der Waals surface area contributed by atoms with Crippen LogP contribution in [-0.4, -0.2) is 52.7 Å². The average molecular weight is 355 g/mol. The standard InChI is InChI=1S/C18H17N3O5/c22-17(5-4-14-2-1-3-16(12-14)21(24)25)19-7-9-20(10-8-19)18(23)15-6-11-26-13-15/h1-6,11-13H,7-10H2/b5-4+. The Labute approximate surface area is 149 Å². The fourth-order valence-corrected chi connectivity index (χ4v) is 2.71. The second-order valence-corrected chi connectivity index (χ2v) is 5.81. The maximum Gasteiger partial charge on any atom is 0.270 e. The summed E-state index contributed by atoms with van der Waals surface area (Å²) in [5.74, 6) is -0.301. The van der Waals surface area contributed by atoms with Crippen LogP contribution in [0.3, 0.4) is 0 Å². The predicted molar refractivity (Wildman–Crippen MR) is 93.3 cm³/mol. The summed E-state index contributed by atoms with van der Waals surface area (Å²) in [5, 5.41) is 10.8. The summed E-state index contributed by atoms with van der Waals surface area (Å²) < 4.78 is 4.92. The van der Waals surface area contributed by atoms with Gasteiger partial charge in [0, 0.05) is 44.4 Å². The molecule has 0 aliphatic carbocycles. The average Bonchev–Trinajstić information content (AvgIpc) is 3.20. The molecule has 26 heavy (non-hydrogen) atoms. The van der Waals surface area contributed by atoms with Gasteiger partial charge in [0.05, 0.1) is 16.7 Å². The minimum absolute atomic E-state index is 0.0222. The van der Waals surface area contributed by atoms with Gasteiger partial charge in [0.1, 0.15) is 6.26 Å². The number of benzene rings is 1. The van der Waals surface area contributed by atoms with Crippen molar-refractivity contribution >= 4 is 23.6 Å². The third-order valence-electron chi connectivity index (χ3n) is 4.15. The zero-order valence-corrected chi connectivity index (χ0v) is 13.9. The van der Waals surface area contributed by atoms with E-state index in [-0.39, 0.29) is 17.5 Å². The number of non-ortho nitro benzene ring substituents is 1. The van der Waals surface area contributed by atoms with Crippen LogP contribution in [0.5, 0.6) is 0 Å². The first-order chi connectivity index (χ1) is 12.5. The molecule has 0 bridgehead atoms. The normalized spacial score (nSPS) is 14.6. The highest BCUT2D eigenvalue weighted by atomic mass is 16.6. The van der Waals surface area contributed by atoms with Gasteiger partial charge in [-0.05, 0) is 17.7 Å². The van der Waals surface area contributed by atoms with Gasteiger partial charge in [0.2, 0.25) is 5.91 Å². The van der Waals surface area contributed by atoms with Crippen molar-refractivity contribution in [1.29, 1.82) is 0 Å². The van der Waals surface area contributed by atoms with Gasteiger partial charge in [-0.2, -0.15) is 0 Å². The molecule has 134 valence electrons. The maximum absolute atomic E-state index is 12.3. The molecule has 8 heteroatoms. The second-order valence-electron chi connectivity index (χ2n) is 5.81. The molecule has 1 fully saturated rings. The molecule has 1 aliphatic rings. The molecule has 0 unspecified atom stereocenters. The summed E-state index contributed by atoms with van der Waals surface area (Å²) in [5.41, 5.74) is 1.06. The highest BCUT2D eigenvalue weighted by molar-refractivity contribution is 5.94. The minimum Gasteiger partial charge on any atom is -0.472 e. The molecule has 2 heterocycles. The summed E-state index contributed by atoms with van der Waals surface area (Å²) in [6.07, 6.45) is 5.80. The van der Waals surface area contributed by atoms with E-state index in [0.29, 0.717) is 37.3 Å². The van der Waals surface area contributed by atoms with Crippen molar-refractivity contribution in [1.82, 2.24) is 9.80 Å². The maximum atomic E-state index is 12.3. The number of piperazine rings is 1. The first-order valence-corrected chi connectivity index (χ1v) is 8.07. The Morgan fingerprint density at radius 1 is 1.12 bits per heavy atom. The van der Waals surface area contributed by atoms with E-state index in [2.05, 4.69) is 0 Å². The van der Waals surface area contributed by atoms with E-state index in [1.54, 1.807) is 34.1 Å². The van der Waals surface area contributed by atoms with Gasteiger partial charge in [-0.1, -0.05) is 12.1 Å². The van der Waals surface area contributed by atoms with Gasteiger partial charge < -0.3 is 14.2 Å². The number of nitro benzene ring substituents is 1. The van der Waals surface area contributed by atoms with E-state index in [9.17, 15) is 19.7 Å². The summed E-state index contributed by atoms with van der Waals surface area (Å²) in [7, 11) is 0. The lowest BCUT2D eigenvalue weighted by Gasteiger charge is -2.34. The Bertz CT molecular complexity index is 836. The van der Waals surface area contributed by atoms with Crippen LogP contribution in [0.15, 0.2) is 53.4 Å². The SMILES string of the molecule is O=C(/C=C/c1cccc([N+](=O)[O-])c1)N1CCN(C(=O)c2ccoc2)CC1. The Morgan fingerprint density at radius 2 is 1.85 bits per heavy atom. The van der Waals surface area contributed by atoms with Gasteiger partial charge in [-0.25, -0.2) is 0 Å². The van der Waals surface area contributed by atoms with Crippen LogP contribution in [-0.2, 0) is 4.79 Å². The fourth-order valence-electron chi connectivity index (χ4n) is 2.71. The van der Waals surface area contributed by atoms with Gasteiger partial charge in [0.25, 0.3) is 11.6 Å². The number of nitrogens with zero attached hydrogens (tertiary/aromatic N) is 3. The molecule has 0 radical (unpaired) electrons. The zero-order valence-electron chi connectivity index (χ0n) is 13.9. The topological polar surface area (TPSA) is 96.9 Å². The molecule has 1 aliphatic heterocycles. The molecular weight excluding hydrogens is 338 g/mol. The highest BCUT2D eigenvalue weighted by Gasteiger charge is 2.24. The van der Waals surface area contributed by atoms with E-state index in [1.165, 1.54) is 30.7 Å². The number of rotatable bonds is 4. The summed E-state index contributed by atoms with van der Waals surface area (Å²) in [6.45, 7) is 1.75. The van der Waals surface area contributed by atoms with Crippen molar-refractivity contribution in [3.8, 4) is 0 Å². The molecule has 0 N–H and O–H groups in total. The third-order valence-corrected chi connectivity index (χ3v) is 4.15. The van der Waals surface area contributed by atoms with E-state index < -0.39 is 4.92 Å². The summed E-state index contributed by atoms with van der Waals surface area (Å²) in [6, 6.07) is 7.68. The highest BCUT2D eigenvalue weighted by Crippen LogP contribution is 2.15. The van der Waals surface area contributed by atoms with E-state index in [4.69, 9.17) is 4.42 Å². The third kappa shape index (κ3) is 3.97. The zero-order chi connectivity index (χ0) is 18.5. The molecule has 0 atom stereocenters. The lowest BCUT2D eigenvalue weighted by Crippen LogP contribution is -2.50. The first kappa shape index (κ1) is 17.4. The monoisotopic (exact) mass is 355 g/mol. The number of furan rings is 1. The summed E-state index contributed by atoms with van der Waals surface area (Å²) in [4.78, 5) is 38.1. The van der Waals surface area contributed by atoms with Crippen LogP contribution < -0.4 is 0 Å². The molecule has 1 aromatic heterocycles. The van der Waals surface area contributed by atoms with Crippen LogP contribution in [0.25, 0.3) is 6.08 Å². The van der Waals surface area contributed by atoms with Crippen LogP contribution in [0.4, 0.5) is 5.69 Å². The molecular formula is C18H17N3O5. The minimum atomic E-state index is -0.477. The van der Waals surface area contributed by atoms with Gasteiger partial charge >= 0.3 is 0 Å². The van der Waals surface area contributed by atoms with Gasteiger partial charge in [-0.3, -0.25) is 19.7 Å².